The lowest BCUT2D eigenvalue weighted by Gasteiger charge is -2.24. The Hall–Kier alpha value is -0.180. The Morgan fingerprint density at radius 2 is 2.55 bits per heavy atom. The van der Waals surface area contributed by atoms with Crippen LogP contribution in [0.4, 0.5) is 0 Å². The lowest BCUT2D eigenvalue weighted by Crippen LogP contribution is -2.29. The summed E-state index contributed by atoms with van der Waals surface area (Å²) in [7, 11) is 0. The van der Waals surface area contributed by atoms with Gasteiger partial charge in [-0.25, -0.2) is 0 Å². The molecule has 2 fully saturated rings. The Labute approximate surface area is 71.1 Å². The number of nitrogens with one attached hydrogen (secondary N) is 1. The van der Waals surface area contributed by atoms with Gasteiger partial charge in [-0.1, -0.05) is 6.92 Å². The van der Waals surface area contributed by atoms with Crippen molar-refractivity contribution in [3.63, 3.8) is 0 Å². The maximum absolute atomic E-state index is 11.0. The van der Waals surface area contributed by atoms with Crippen molar-refractivity contribution in [3.05, 3.63) is 0 Å². The first-order valence-corrected chi connectivity index (χ1v) is 5.23. The molecule has 3 heteroatoms. The number of thioether (sulfide) groups is 1. The molecule has 1 N–H and O–H groups in total. The SMILES string of the molecule is CC1CSCC12CNC(=O)C2. The fourth-order valence-corrected chi connectivity index (χ4v) is 3.65. The van der Waals surface area contributed by atoms with Gasteiger partial charge in [0.2, 0.25) is 5.91 Å². The van der Waals surface area contributed by atoms with E-state index in [-0.39, 0.29) is 5.91 Å². The van der Waals surface area contributed by atoms with E-state index < -0.39 is 0 Å². The van der Waals surface area contributed by atoms with E-state index in [1.54, 1.807) is 0 Å². The van der Waals surface area contributed by atoms with Crippen LogP contribution in [0.25, 0.3) is 0 Å². The molecule has 2 saturated heterocycles. The first-order valence-electron chi connectivity index (χ1n) is 4.07. The van der Waals surface area contributed by atoms with Crippen LogP contribution in [0.3, 0.4) is 0 Å². The zero-order valence-electron chi connectivity index (χ0n) is 6.72. The van der Waals surface area contributed by atoms with Crippen LogP contribution >= 0.6 is 11.8 Å². The molecule has 0 aromatic heterocycles. The maximum atomic E-state index is 11.0. The Morgan fingerprint density at radius 3 is 3.00 bits per heavy atom. The fraction of sp³-hybridized carbons (Fsp3) is 0.875. The molecule has 0 aromatic carbocycles. The van der Waals surface area contributed by atoms with Crippen molar-refractivity contribution in [1.82, 2.24) is 5.32 Å². The van der Waals surface area contributed by atoms with E-state index in [0.29, 0.717) is 11.3 Å². The summed E-state index contributed by atoms with van der Waals surface area (Å²) >= 11 is 1.99. The van der Waals surface area contributed by atoms with Gasteiger partial charge in [-0.3, -0.25) is 4.79 Å². The van der Waals surface area contributed by atoms with Crippen molar-refractivity contribution >= 4 is 17.7 Å². The molecule has 0 saturated carbocycles. The predicted octanol–water partition coefficient (Wildman–Crippen LogP) is 0.876. The van der Waals surface area contributed by atoms with Crippen LogP contribution in [-0.2, 0) is 4.79 Å². The monoisotopic (exact) mass is 171 g/mol. The molecule has 2 unspecified atom stereocenters. The molecule has 0 bridgehead atoms. The second-order valence-electron chi connectivity index (χ2n) is 3.73. The number of hydrogen-bond donors (Lipinski definition) is 1. The molecule has 2 rings (SSSR count). The second kappa shape index (κ2) is 2.41. The van der Waals surface area contributed by atoms with Crippen molar-refractivity contribution in [3.8, 4) is 0 Å². The van der Waals surface area contributed by atoms with Crippen LogP contribution in [0, 0.1) is 11.3 Å². The van der Waals surface area contributed by atoms with Gasteiger partial charge in [0.25, 0.3) is 0 Å². The highest BCUT2D eigenvalue weighted by Crippen LogP contribution is 2.45. The number of carbonyl (C=O) groups excluding carboxylic acids is 1. The number of amides is 1. The van der Waals surface area contributed by atoms with Crippen molar-refractivity contribution in [2.24, 2.45) is 11.3 Å². The summed E-state index contributed by atoms with van der Waals surface area (Å²) < 4.78 is 0. The quantitative estimate of drug-likeness (QED) is 0.586. The standard InChI is InChI=1S/C8H13NOS/c1-6-3-11-5-8(6)2-7(10)9-4-8/h6H,2-5H2,1H3,(H,9,10). The minimum absolute atomic E-state index is 0.249. The van der Waals surface area contributed by atoms with E-state index >= 15 is 0 Å². The van der Waals surface area contributed by atoms with Crippen LogP contribution in [0.15, 0.2) is 0 Å². The highest BCUT2D eigenvalue weighted by molar-refractivity contribution is 7.99. The summed E-state index contributed by atoms with van der Waals surface area (Å²) in [4.78, 5) is 11.0. The molecule has 2 aliphatic rings. The molecule has 2 heterocycles. The molecule has 2 nitrogen and oxygen atoms in total. The lowest BCUT2D eigenvalue weighted by molar-refractivity contribution is -0.119. The zero-order chi connectivity index (χ0) is 7.90. The minimum atomic E-state index is 0.249. The summed E-state index contributed by atoms with van der Waals surface area (Å²) in [6, 6.07) is 0. The van der Waals surface area contributed by atoms with Crippen LogP contribution in [0.2, 0.25) is 0 Å². The molecule has 0 radical (unpaired) electrons. The van der Waals surface area contributed by atoms with Crippen molar-refractivity contribution in [2.75, 3.05) is 18.1 Å². The van der Waals surface area contributed by atoms with Crippen molar-refractivity contribution < 1.29 is 4.79 Å². The van der Waals surface area contributed by atoms with Crippen LogP contribution in [0.1, 0.15) is 13.3 Å². The topological polar surface area (TPSA) is 29.1 Å². The van der Waals surface area contributed by atoms with Crippen LogP contribution < -0.4 is 5.32 Å². The normalized spacial score (nSPS) is 43.4. The van der Waals surface area contributed by atoms with Gasteiger partial charge in [0.15, 0.2) is 0 Å². The van der Waals surface area contributed by atoms with E-state index in [4.69, 9.17) is 0 Å². The third-order valence-corrected chi connectivity index (χ3v) is 4.47. The van der Waals surface area contributed by atoms with E-state index in [1.807, 2.05) is 11.8 Å². The van der Waals surface area contributed by atoms with E-state index in [0.717, 1.165) is 13.0 Å². The summed E-state index contributed by atoms with van der Waals surface area (Å²) in [6.07, 6.45) is 0.765. The predicted molar refractivity (Wildman–Crippen MR) is 46.5 cm³/mol. The highest BCUT2D eigenvalue weighted by Gasteiger charge is 2.45. The van der Waals surface area contributed by atoms with Crippen LogP contribution in [0.5, 0.6) is 0 Å². The van der Waals surface area contributed by atoms with Crippen molar-refractivity contribution in [2.45, 2.75) is 13.3 Å². The number of rotatable bonds is 0. The molecule has 0 aromatic rings. The van der Waals surface area contributed by atoms with Gasteiger partial charge < -0.3 is 5.32 Å². The largest absolute Gasteiger partial charge is 0.355 e. The Kier molecular flexibility index (Phi) is 1.63. The van der Waals surface area contributed by atoms with Gasteiger partial charge >= 0.3 is 0 Å². The Morgan fingerprint density at radius 1 is 1.73 bits per heavy atom. The first-order chi connectivity index (χ1) is 5.23. The van der Waals surface area contributed by atoms with Gasteiger partial charge in [0.05, 0.1) is 0 Å². The van der Waals surface area contributed by atoms with Gasteiger partial charge in [0.1, 0.15) is 0 Å². The molecule has 62 valence electrons. The molecular weight excluding hydrogens is 158 g/mol. The first kappa shape index (κ1) is 7.47. The van der Waals surface area contributed by atoms with E-state index in [9.17, 15) is 4.79 Å². The smallest absolute Gasteiger partial charge is 0.220 e. The highest BCUT2D eigenvalue weighted by atomic mass is 32.2. The molecular formula is C8H13NOS. The number of carbonyl (C=O) groups is 1. The van der Waals surface area contributed by atoms with Gasteiger partial charge in [-0.15, -0.1) is 0 Å². The summed E-state index contributed by atoms with van der Waals surface area (Å²) in [5.41, 5.74) is 0.321. The Balaban J connectivity index is 2.16. The minimum Gasteiger partial charge on any atom is -0.355 e. The van der Waals surface area contributed by atoms with E-state index in [1.165, 1.54) is 11.5 Å². The Bertz CT molecular complexity index is 195. The van der Waals surface area contributed by atoms with Gasteiger partial charge in [-0.05, 0) is 11.7 Å². The van der Waals surface area contributed by atoms with Crippen LogP contribution in [-0.4, -0.2) is 24.0 Å². The maximum Gasteiger partial charge on any atom is 0.220 e. The molecule has 1 amide bonds. The van der Waals surface area contributed by atoms with E-state index in [2.05, 4.69) is 12.2 Å². The molecule has 2 aliphatic heterocycles. The third kappa shape index (κ3) is 1.06. The third-order valence-electron chi connectivity index (χ3n) is 2.95. The zero-order valence-corrected chi connectivity index (χ0v) is 7.54. The average Bonchev–Trinajstić information content (AvgIpc) is 2.46. The summed E-state index contributed by atoms with van der Waals surface area (Å²) in [5, 5.41) is 2.93. The van der Waals surface area contributed by atoms with Gasteiger partial charge in [0, 0.05) is 24.1 Å². The van der Waals surface area contributed by atoms with Gasteiger partial charge in [-0.2, -0.15) is 11.8 Å². The van der Waals surface area contributed by atoms with Crippen molar-refractivity contribution in [1.29, 1.82) is 0 Å². The molecule has 11 heavy (non-hydrogen) atoms. The fourth-order valence-electron chi connectivity index (χ4n) is 1.93. The lowest BCUT2D eigenvalue weighted by atomic mass is 9.78. The second-order valence-corrected chi connectivity index (χ2v) is 4.76. The summed E-state index contributed by atoms with van der Waals surface area (Å²) in [6.45, 7) is 3.18. The number of hydrogen-bond acceptors (Lipinski definition) is 2. The molecule has 0 aliphatic carbocycles. The molecule has 2 atom stereocenters. The average molecular weight is 171 g/mol. The molecule has 1 spiro atoms. The summed E-state index contributed by atoms with van der Waals surface area (Å²) in [5.74, 6) is 3.37.